The highest BCUT2D eigenvalue weighted by molar-refractivity contribution is 7.92. The van der Waals surface area contributed by atoms with E-state index in [0.29, 0.717) is 39.7 Å². The number of likely N-dealkylation sites (N-methyl/N-ethyl adjacent to an activating group) is 1. The van der Waals surface area contributed by atoms with Crippen LogP contribution in [0.1, 0.15) is 11.7 Å². The highest BCUT2D eigenvalue weighted by atomic mass is 32.2. The van der Waals surface area contributed by atoms with Crippen molar-refractivity contribution in [3.8, 4) is 11.1 Å². The zero-order valence-electron chi connectivity index (χ0n) is 18.8. The number of fused-ring (bicyclic) bond motifs is 1. The van der Waals surface area contributed by atoms with E-state index in [1.54, 1.807) is 18.2 Å². The fourth-order valence-electron chi connectivity index (χ4n) is 4.69. The van der Waals surface area contributed by atoms with Crippen molar-refractivity contribution < 1.29 is 21.3 Å². The summed E-state index contributed by atoms with van der Waals surface area (Å²) in [7, 11) is -4.87. The second-order valence-corrected chi connectivity index (χ2v) is 12.4. The molecule has 8 N–H and O–H groups in total. The van der Waals surface area contributed by atoms with Crippen molar-refractivity contribution in [3.63, 3.8) is 0 Å². The molecular formula is C19H25N10O4S2+. The number of nitrogens with zero attached hydrogens (tertiary/aromatic N) is 4. The van der Waals surface area contributed by atoms with Gasteiger partial charge in [-0.3, -0.25) is 0 Å². The molecule has 3 heterocycles. The molecule has 0 amide bonds. The number of hydrazine groups is 1. The van der Waals surface area contributed by atoms with Crippen LogP contribution < -0.4 is 26.6 Å². The standard InChI is InChI=1S/C19H25N10O4S2/c1-29(2)8-10(9-29)26-35(32,33)14-7-6-11(12-4-3-5-13-16(12)23-19(20)22-13)15(17(14)34(21,30)31)18-24-27-28-25-18/h3-7,10,18,26H,8-9H2,1-2H3,(H,24,28)(H,25,27)(H3,20,22,23)(H2,21,30,31)/q+1. The van der Waals surface area contributed by atoms with Crippen LogP contribution in [0.4, 0.5) is 5.95 Å². The third-order valence-corrected chi connectivity index (χ3v) is 8.71. The molecule has 0 aliphatic carbocycles. The fourth-order valence-corrected chi connectivity index (χ4v) is 7.56. The average molecular weight is 522 g/mol. The normalized spacial score (nSPS) is 20.1. The lowest BCUT2D eigenvalue weighted by Crippen LogP contribution is -2.67. The maximum Gasteiger partial charge on any atom is 0.242 e. The van der Waals surface area contributed by atoms with Gasteiger partial charge in [0, 0.05) is 11.1 Å². The Morgan fingerprint density at radius 3 is 2.46 bits per heavy atom. The summed E-state index contributed by atoms with van der Waals surface area (Å²) < 4.78 is 55.9. The molecule has 1 saturated heterocycles. The van der Waals surface area contributed by atoms with E-state index in [1.807, 2.05) is 14.1 Å². The average Bonchev–Trinajstić information content (AvgIpc) is 3.39. The number of imidazole rings is 1. The Kier molecular flexibility index (Phi) is 5.35. The van der Waals surface area contributed by atoms with Crippen molar-refractivity contribution in [1.82, 2.24) is 25.7 Å². The number of aromatic nitrogens is 2. The van der Waals surface area contributed by atoms with Gasteiger partial charge in [0.15, 0.2) is 12.1 Å². The molecule has 1 aromatic heterocycles. The second-order valence-electron chi connectivity index (χ2n) is 9.22. The SMILES string of the molecule is C[N+]1(C)CC(NS(=O)(=O)c2ccc(-c3cccc4[nH]c(N)nc34)c(C3N=NNN3)c2S(N)(=O)=O)C1. The third kappa shape index (κ3) is 4.24. The molecule has 2 aliphatic heterocycles. The van der Waals surface area contributed by atoms with Gasteiger partial charge < -0.3 is 15.2 Å². The Morgan fingerprint density at radius 1 is 1.09 bits per heavy atom. The number of primary sulfonamides is 1. The van der Waals surface area contributed by atoms with Gasteiger partial charge in [0.1, 0.15) is 28.9 Å². The number of hydrogen-bond donors (Lipinski definition) is 6. The van der Waals surface area contributed by atoms with E-state index in [0.717, 1.165) is 0 Å². The number of nitrogens with one attached hydrogen (secondary N) is 4. The molecule has 2 aromatic carbocycles. The Hall–Kier alpha value is -3.15. The maximum atomic E-state index is 13.4. The van der Waals surface area contributed by atoms with Crippen LogP contribution in [0.15, 0.2) is 50.5 Å². The van der Waals surface area contributed by atoms with Crippen LogP contribution in [0.5, 0.6) is 0 Å². The molecule has 2 aliphatic rings. The van der Waals surface area contributed by atoms with E-state index < -0.39 is 36.0 Å². The molecule has 16 heteroatoms. The Labute approximate surface area is 201 Å². The van der Waals surface area contributed by atoms with E-state index in [1.165, 1.54) is 12.1 Å². The Morgan fingerprint density at radius 2 is 1.83 bits per heavy atom. The summed E-state index contributed by atoms with van der Waals surface area (Å²) >= 11 is 0. The second kappa shape index (κ2) is 7.94. The first-order chi connectivity index (χ1) is 16.4. The van der Waals surface area contributed by atoms with Crippen molar-refractivity contribution in [1.29, 1.82) is 0 Å². The minimum atomic E-state index is -4.56. The minimum Gasteiger partial charge on any atom is -0.369 e. The topological polar surface area (TPSA) is 210 Å². The first kappa shape index (κ1) is 23.6. The van der Waals surface area contributed by atoms with Gasteiger partial charge in [0.2, 0.25) is 20.0 Å². The highest BCUT2D eigenvalue weighted by Gasteiger charge is 2.41. The summed E-state index contributed by atoms with van der Waals surface area (Å²) in [6.45, 7) is 1.14. The number of anilines is 1. The lowest BCUT2D eigenvalue weighted by molar-refractivity contribution is -0.930. The molecule has 1 fully saturated rings. The van der Waals surface area contributed by atoms with E-state index in [4.69, 9.17) is 10.9 Å². The molecule has 35 heavy (non-hydrogen) atoms. The molecule has 186 valence electrons. The molecule has 5 rings (SSSR count). The Balaban J connectivity index is 1.75. The lowest BCUT2D eigenvalue weighted by Gasteiger charge is -2.44. The number of benzene rings is 2. The highest BCUT2D eigenvalue weighted by Crippen LogP contribution is 2.40. The van der Waals surface area contributed by atoms with E-state index in [2.05, 4.69) is 36.0 Å². The summed E-state index contributed by atoms with van der Waals surface area (Å²) in [5, 5.41) is 13.3. The number of aromatic amines is 1. The number of nitrogens with two attached hydrogens (primary N) is 2. The molecule has 0 saturated carbocycles. The predicted molar refractivity (Wildman–Crippen MR) is 127 cm³/mol. The molecule has 0 bridgehead atoms. The van der Waals surface area contributed by atoms with Crippen molar-refractivity contribution >= 4 is 37.0 Å². The summed E-state index contributed by atoms with van der Waals surface area (Å²) in [5.41, 5.74) is 13.0. The number of quaternary nitrogens is 1. The van der Waals surface area contributed by atoms with E-state index >= 15 is 0 Å². The predicted octanol–water partition coefficient (Wildman–Crippen LogP) is -0.330. The molecule has 14 nitrogen and oxygen atoms in total. The van der Waals surface area contributed by atoms with Crippen molar-refractivity contribution in [2.24, 2.45) is 15.5 Å². The molecule has 0 spiro atoms. The van der Waals surface area contributed by atoms with Gasteiger partial charge >= 0.3 is 0 Å². The zero-order valence-corrected chi connectivity index (χ0v) is 20.5. The molecule has 1 atom stereocenters. The van der Waals surface area contributed by atoms with Gasteiger partial charge in [-0.25, -0.2) is 32.5 Å². The first-order valence-corrected chi connectivity index (χ1v) is 13.6. The van der Waals surface area contributed by atoms with E-state index in [9.17, 15) is 16.8 Å². The number of H-pyrrole nitrogens is 1. The first-order valence-electron chi connectivity index (χ1n) is 10.5. The molecule has 1 unspecified atom stereocenters. The van der Waals surface area contributed by atoms with Gasteiger partial charge in [-0.15, -0.1) is 5.11 Å². The quantitative estimate of drug-likeness (QED) is 0.236. The smallest absolute Gasteiger partial charge is 0.242 e. The van der Waals surface area contributed by atoms with Gasteiger partial charge in [-0.2, -0.15) is 10.1 Å². The summed E-state index contributed by atoms with van der Waals surface area (Å²) in [4.78, 5) is 6.20. The molecule has 0 radical (unpaired) electrons. The minimum absolute atomic E-state index is 0.0166. The zero-order chi connectivity index (χ0) is 25.2. The Bertz CT molecular complexity index is 1570. The lowest BCUT2D eigenvalue weighted by atomic mass is 9.97. The number of likely N-dealkylation sites (tertiary alicyclic amines) is 1. The number of sulfonamides is 2. The number of hydrogen-bond acceptors (Lipinski definition) is 10. The summed E-state index contributed by atoms with van der Waals surface area (Å²) in [5.74, 6) is 0.172. The van der Waals surface area contributed by atoms with E-state index in [-0.39, 0.29) is 17.6 Å². The number of nitrogen functional groups attached to an aromatic ring is 1. The number of para-hydroxylation sites is 1. The summed E-state index contributed by atoms with van der Waals surface area (Å²) in [6.07, 6.45) is -1.04. The fraction of sp³-hybridized carbons (Fsp3) is 0.316. The third-order valence-electron chi connectivity index (χ3n) is 6.00. The van der Waals surface area contributed by atoms with Gasteiger partial charge in [-0.05, 0) is 17.7 Å². The van der Waals surface area contributed by atoms with Crippen LogP contribution in [0, 0.1) is 0 Å². The molecule has 3 aromatic rings. The largest absolute Gasteiger partial charge is 0.369 e. The van der Waals surface area contributed by atoms with Crippen molar-refractivity contribution in [3.05, 3.63) is 35.9 Å². The van der Waals surface area contributed by atoms with Crippen LogP contribution in [-0.4, -0.2) is 64.5 Å². The summed E-state index contributed by atoms with van der Waals surface area (Å²) in [6, 6.07) is 7.62. The van der Waals surface area contributed by atoms with Crippen molar-refractivity contribution in [2.45, 2.75) is 22.0 Å². The number of rotatable bonds is 6. The van der Waals surface area contributed by atoms with Crippen LogP contribution in [-0.2, 0) is 20.0 Å². The van der Waals surface area contributed by atoms with Crippen LogP contribution in [0.3, 0.4) is 0 Å². The van der Waals surface area contributed by atoms with Crippen LogP contribution in [0.25, 0.3) is 22.2 Å². The monoisotopic (exact) mass is 521 g/mol. The van der Waals surface area contributed by atoms with Crippen LogP contribution >= 0.6 is 0 Å². The van der Waals surface area contributed by atoms with Crippen LogP contribution in [0.2, 0.25) is 0 Å². The molecular weight excluding hydrogens is 496 g/mol. The van der Waals surface area contributed by atoms with Gasteiger partial charge in [0.25, 0.3) is 0 Å². The van der Waals surface area contributed by atoms with Gasteiger partial charge in [0.05, 0.1) is 25.1 Å². The maximum absolute atomic E-state index is 13.4. The van der Waals surface area contributed by atoms with Gasteiger partial charge in [-0.1, -0.05) is 23.4 Å². The van der Waals surface area contributed by atoms with Crippen molar-refractivity contribution in [2.75, 3.05) is 32.9 Å².